The van der Waals surface area contributed by atoms with E-state index in [0.717, 1.165) is 25.7 Å². The van der Waals surface area contributed by atoms with E-state index in [1.165, 1.54) is 0 Å². The highest BCUT2D eigenvalue weighted by Crippen LogP contribution is 2.28. The third kappa shape index (κ3) is 2.46. The van der Waals surface area contributed by atoms with Crippen LogP contribution in [0.3, 0.4) is 0 Å². The van der Waals surface area contributed by atoms with Gasteiger partial charge >= 0.3 is 0 Å². The van der Waals surface area contributed by atoms with Crippen molar-refractivity contribution in [3.8, 4) is 0 Å². The molecule has 0 saturated heterocycles. The van der Waals surface area contributed by atoms with Gasteiger partial charge in [0.25, 0.3) is 0 Å². The highest BCUT2D eigenvalue weighted by atomic mass is 16.5. The van der Waals surface area contributed by atoms with Crippen LogP contribution in [0.15, 0.2) is 0 Å². The molecule has 0 aliphatic heterocycles. The lowest BCUT2D eigenvalue weighted by Crippen LogP contribution is -2.30. The lowest BCUT2D eigenvalue weighted by molar-refractivity contribution is -0.0114. The number of rotatable bonds is 2. The zero-order valence-electron chi connectivity index (χ0n) is 7.42. The minimum Gasteiger partial charge on any atom is -0.393 e. The van der Waals surface area contributed by atoms with Gasteiger partial charge < -0.3 is 9.84 Å². The number of aliphatic hydroxyl groups excluding tert-OH is 1. The summed E-state index contributed by atoms with van der Waals surface area (Å²) >= 11 is 0. The van der Waals surface area contributed by atoms with Gasteiger partial charge in [-0.05, 0) is 25.2 Å². The first-order chi connectivity index (χ1) is 5.26. The molecule has 1 aliphatic rings. The van der Waals surface area contributed by atoms with Crippen molar-refractivity contribution in [3.63, 3.8) is 0 Å². The summed E-state index contributed by atoms with van der Waals surface area (Å²) in [5, 5.41) is 9.43. The summed E-state index contributed by atoms with van der Waals surface area (Å²) in [5.74, 6) is 0.670. The van der Waals surface area contributed by atoms with E-state index in [1.807, 2.05) is 0 Å². The van der Waals surface area contributed by atoms with Crippen LogP contribution in [0.1, 0.15) is 32.6 Å². The molecule has 0 radical (unpaired) electrons. The van der Waals surface area contributed by atoms with Gasteiger partial charge in [-0.3, -0.25) is 0 Å². The van der Waals surface area contributed by atoms with Crippen molar-refractivity contribution >= 4 is 0 Å². The molecule has 2 nitrogen and oxygen atoms in total. The molecule has 1 fully saturated rings. The zero-order chi connectivity index (χ0) is 8.27. The fourth-order valence-electron chi connectivity index (χ4n) is 1.87. The van der Waals surface area contributed by atoms with E-state index >= 15 is 0 Å². The lowest BCUT2D eigenvalue weighted by atomic mass is 9.84. The zero-order valence-corrected chi connectivity index (χ0v) is 7.42. The Hall–Kier alpha value is -0.0800. The number of hydrogen-bond donors (Lipinski definition) is 1. The van der Waals surface area contributed by atoms with Gasteiger partial charge in [-0.15, -0.1) is 0 Å². The molecule has 1 saturated carbocycles. The first kappa shape index (κ1) is 9.01. The van der Waals surface area contributed by atoms with Crippen LogP contribution in [0, 0.1) is 5.92 Å². The highest BCUT2D eigenvalue weighted by Gasteiger charge is 2.26. The minimum atomic E-state index is -0.126. The summed E-state index contributed by atoms with van der Waals surface area (Å²) in [4.78, 5) is 0. The van der Waals surface area contributed by atoms with Crippen LogP contribution in [-0.4, -0.2) is 24.4 Å². The molecule has 2 heteroatoms. The summed E-state index contributed by atoms with van der Waals surface area (Å²) in [6.45, 7) is 2.18. The van der Waals surface area contributed by atoms with Crippen molar-refractivity contribution in [2.24, 2.45) is 5.92 Å². The van der Waals surface area contributed by atoms with Crippen molar-refractivity contribution in [1.29, 1.82) is 0 Å². The fraction of sp³-hybridized carbons (Fsp3) is 1.00. The summed E-state index contributed by atoms with van der Waals surface area (Å²) < 4.78 is 5.23. The Morgan fingerprint density at radius 2 is 2.09 bits per heavy atom. The van der Waals surface area contributed by atoms with E-state index < -0.39 is 0 Å². The maximum Gasteiger partial charge on any atom is 0.0598 e. The van der Waals surface area contributed by atoms with Crippen molar-refractivity contribution in [3.05, 3.63) is 0 Å². The Labute approximate surface area is 68.6 Å². The van der Waals surface area contributed by atoms with E-state index in [4.69, 9.17) is 4.74 Å². The normalized spacial score (nSPS) is 39.0. The van der Waals surface area contributed by atoms with Crippen molar-refractivity contribution in [2.75, 3.05) is 7.11 Å². The average molecular weight is 158 g/mol. The Kier molecular flexibility index (Phi) is 3.34. The molecule has 1 rings (SSSR count). The van der Waals surface area contributed by atoms with E-state index in [2.05, 4.69) is 6.92 Å². The molecule has 0 amide bonds. The second kappa shape index (κ2) is 4.07. The Bertz CT molecular complexity index is 102. The second-order valence-electron chi connectivity index (χ2n) is 3.49. The Balaban J connectivity index is 2.37. The monoisotopic (exact) mass is 158 g/mol. The predicted octanol–water partition coefficient (Wildman–Crippen LogP) is 1.57. The van der Waals surface area contributed by atoms with Gasteiger partial charge in [0.15, 0.2) is 0 Å². The average Bonchev–Trinajstić information content (AvgIpc) is 2.03. The maximum absolute atomic E-state index is 9.43. The van der Waals surface area contributed by atoms with E-state index in [0.29, 0.717) is 12.0 Å². The number of hydrogen-bond acceptors (Lipinski definition) is 2. The topological polar surface area (TPSA) is 29.5 Å². The van der Waals surface area contributed by atoms with Gasteiger partial charge in [-0.25, -0.2) is 0 Å². The highest BCUT2D eigenvalue weighted by molar-refractivity contribution is 4.77. The standard InChI is InChI=1S/C9H18O2/c1-3-7-4-8(10)6-9(5-7)11-2/h7-10H,3-6H2,1-2H3. The molecule has 66 valence electrons. The number of ether oxygens (including phenoxy) is 1. The van der Waals surface area contributed by atoms with Crippen molar-refractivity contribution in [1.82, 2.24) is 0 Å². The van der Waals surface area contributed by atoms with Gasteiger partial charge in [-0.1, -0.05) is 13.3 Å². The molecule has 1 N–H and O–H groups in total. The molecular formula is C9H18O2. The van der Waals surface area contributed by atoms with Crippen LogP contribution >= 0.6 is 0 Å². The molecule has 0 aromatic carbocycles. The molecule has 1 aliphatic carbocycles. The van der Waals surface area contributed by atoms with Gasteiger partial charge in [0, 0.05) is 7.11 Å². The van der Waals surface area contributed by atoms with Gasteiger partial charge in [0.1, 0.15) is 0 Å². The summed E-state index contributed by atoms with van der Waals surface area (Å²) in [5.41, 5.74) is 0. The van der Waals surface area contributed by atoms with Crippen LogP contribution in [-0.2, 0) is 4.74 Å². The first-order valence-electron chi connectivity index (χ1n) is 4.47. The van der Waals surface area contributed by atoms with Crippen LogP contribution in [0.2, 0.25) is 0 Å². The number of aliphatic hydroxyl groups is 1. The molecule has 3 unspecified atom stereocenters. The van der Waals surface area contributed by atoms with E-state index in [1.54, 1.807) is 7.11 Å². The molecule has 11 heavy (non-hydrogen) atoms. The minimum absolute atomic E-state index is 0.126. The third-order valence-corrected chi connectivity index (χ3v) is 2.65. The van der Waals surface area contributed by atoms with Crippen LogP contribution in [0.4, 0.5) is 0 Å². The van der Waals surface area contributed by atoms with E-state index in [-0.39, 0.29) is 6.10 Å². The van der Waals surface area contributed by atoms with Crippen LogP contribution in [0.25, 0.3) is 0 Å². The predicted molar refractivity (Wildman–Crippen MR) is 44.4 cm³/mol. The SMILES string of the molecule is CCC1CC(O)CC(OC)C1. The fourth-order valence-corrected chi connectivity index (χ4v) is 1.87. The molecular weight excluding hydrogens is 140 g/mol. The third-order valence-electron chi connectivity index (χ3n) is 2.65. The van der Waals surface area contributed by atoms with Crippen LogP contribution < -0.4 is 0 Å². The van der Waals surface area contributed by atoms with Gasteiger partial charge in [-0.2, -0.15) is 0 Å². The molecule has 0 heterocycles. The largest absolute Gasteiger partial charge is 0.393 e. The molecule has 0 aromatic rings. The first-order valence-corrected chi connectivity index (χ1v) is 4.47. The molecule has 3 atom stereocenters. The molecule has 0 aromatic heterocycles. The van der Waals surface area contributed by atoms with Crippen LogP contribution in [0.5, 0.6) is 0 Å². The summed E-state index contributed by atoms with van der Waals surface area (Å²) in [6, 6.07) is 0. The van der Waals surface area contributed by atoms with Crippen molar-refractivity contribution in [2.45, 2.75) is 44.8 Å². The Morgan fingerprint density at radius 3 is 2.64 bits per heavy atom. The smallest absolute Gasteiger partial charge is 0.0598 e. The molecule has 0 spiro atoms. The maximum atomic E-state index is 9.43. The Morgan fingerprint density at radius 1 is 1.36 bits per heavy atom. The second-order valence-corrected chi connectivity index (χ2v) is 3.49. The summed E-state index contributed by atoms with van der Waals surface area (Å²) in [7, 11) is 1.73. The van der Waals surface area contributed by atoms with E-state index in [9.17, 15) is 5.11 Å². The lowest BCUT2D eigenvalue weighted by Gasteiger charge is -2.30. The van der Waals surface area contributed by atoms with Gasteiger partial charge in [0.05, 0.1) is 12.2 Å². The number of methoxy groups -OCH3 is 1. The van der Waals surface area contributed by atoms with Crippen molar-refractivity contribution < 1.29 is 9.84 Å². The quantitative estimate of drug-likeness (QED) is 0.661. The summed E-state index contributed by atoms with van der Waals surface area (Å²) in [6.07, 6.45) is 4.26. The van der Waals surface area contributed by atoms with Gasteiger partial charge in [0.2, 0.25) is 0 Å². The molecule has 0 bridgehead atoms.